The van der Waals surface area contributed by atoms with Gasteiger partial charge in [-0.2, -0.15) is 0 Å². The van der Waals surface area contributed by atoms with Gasteiger partial charge in [0.15, 0.2) is 11.3 Å². The molecule has 0 aliphatic heterocycles. The van der Waals surface area contributed by atoms with Crippen LogP contribution in [0.25, 0.3) is 0 Å². The predicted molar refractivity (Wildman–Crippen MR) is 109 cm³/mol. The van der Waals surface area contributed by atoms with Crippen molar-refractivity contribution in [3.05, 3.63) is 87.9 Å². The van der Waals surface area contributed by atoms with E-state index in [0.717, 1.165) is 11.1 Å². The Hall–Kier alpha value is -2.07. The van der Waals surface area contributed by atoms with Gasteiger partial charge in [0.1, 0.15) is 18.1 Å². The molecular weight excluding hydrogens is 407 g/mol. The van der Waals surface area contributed by atoms with Crippen LogP contribution in [0.15, 0.2) is 66.7 Å². The first-order valence-corrected chi connectivity index (χ1v) is 9.36. The monoisotopic (exact) mass is 422 g/mol. The molecule has 3 aromatic carbocycles. The fourth-order valence-corrected chi connectivity index (χ4v) is 3.16. The van der Waals surface area contributed by atoms with Gasteiger partial charge in [-0.3, -0.25) is 0 Å². The highest BCUT2D eigenvalue weighted by molar-refractivity contribution is 6.37. The molecule has 0 aliphatic rings. The summed E-state index contributed by atoms with van der Waals surface area (Å²) < 4.78 is 16.7. The smallest absolute Gasteiger partial charge is 0.197 e. The van der Waals surface area contributed by atoms with E-state index < -0.39 is 5.56 Å². The minimum atomic E-state index is -0.620. The molecule has 0 saturated carbocycles. The van der Waals surface area contributed by atoms with Gasteiger partial charge in [-0.15, -0.1) is 0 Å². The summed E-state index contributed by atoms with van der Waals surface area (Å²) in [4.78, 5) is 0. The van der Waals surface area contributed by atoms with Crippen LogP contribution in [0, 0.1) is 0 Å². The van der Waals surface area contributed by atoms with E-state index in [1.165, 1.54) is 0 Å². The maximum Gasteiger partial charge on any atom is 0.197 e. The summed E-state index contributed by atoms with van der Waals surface area (Å²) in [6.07, 6.45) is 0. The van der Waals surface area contributed by atoms with Gasteiger partial charge in [0.05, 0.1) is 17.2 Å². The van der Waals surface area contributed by atoms with Gasteiger partial charge in [-0.05, 0) is 29.8 Å². The van der Waals surface area contributed by atoms with Crippen LogP contribution in [0.3, 0.4) is 0 Å². The molecule has 0 aliphatic carbocycles. The van der Waals surface area contributed by atoms with Crippen molar-refractivity contribution >= 4 is 34.8 Å². The lowest BCUT2D eigenvalue weighted by Gasteiger charge is -2.14. The highest BCUT2D eigenvalue weighted by atomic mass is 35.5. The van der Waals surface area contributed by atoms with Crippen molar-refractivity contribution in [1.29, 1.82) is 0 Å². The first kappa shape index (κ1) is 19.7. The Morgan fingerprint density at radius 1 is 0.852 bits per heavy atom. The molecule has 0 saturated heterocycles. The molecule has 0 aromatic heterocycles. The molecule has 140 valence electrons. The minimum absolute atomic E-state index is 0.341. The third-order valence-electron chi connectivity index (χ3n) is 3.82. The molecule has 0 radical (unpaired) electrons. The molecule has 3 aromatic rings. The van der Waals surface area contributed by atoms with E-state index in [2.05, 4.69) is 0 Å². The van der Waals surface area contributed by atoms with E-state index in [-0.39, 0.29) is 0 Å². The van der Waals surface area contributed by atoms with E-state index in [4.69, 9.17) is 49.0 Å². The number of para-hydroxylation sites is 1. The fraction of sp³-hybridized carbons (Fsp3) is 0.143. The van der Waals surface area contributed by atoms with Crippen molar-refractivity contribution < 1.29 is 14.2 Å². The lowest BCUT2D eigenvalue weighted by Crippen LogP contribution is -2.02. The van der Waals surface area contributed by atoms with Crippen molar-refractivity contribution in [1.82, 2.24) is 0 Å². The number of halogens is 3. The van der Waals surface area contributed by atoms with E-state index >= 15 is 0 Å². The Balaban J connectivity index is 1.62. The molecule has 3 nitrogen and oxygen atoms in total. The molecular formula is C21H17Cl3O3. The molecule has 0 fully saturated rings. The lowest BCUT2D eigenvalue weighted by atomic mass is 10.1. The van der Waals surface area contributed by atoms with Gasteiger partial charge in [0, 0.05) is 11.6 Å². The zero-order valence-corrected chi connectivity index (χ0v) is 16.8. The fourth-order valence-electron chi connectivity index (χ4n) is 2.40. The van der Waals surface area contributed by atoms with Crippen molar-refractivity contribution in [2.24, 2.45) is 0 Å². The maximum atomic E-state index is 6.37. The lowest BCUT2D eigenvalue weighted by molar-refractivity contribution is 0.285. The van der Waals surface area contributed by atoms with Crippen LogP contribution in [0.5, 0.6) is 17.2 Å². The number of benzene rings is 3. The second-order valence-electron chi connectivity index (χ2n) is 5.69. The summed E-state index contributed by atoms with van der Waals surface area (Å²) in [6, 6.07) is 20.2. The van der Waals surface area contributed by atoms with E-state index in [0.29, 0.717) is 33.9 Å². The Labute approximate surface area is 173 Å². The van der Waals surface area contributed by atoms with Gasteiger partial charge in [-0.1, -0.05) is 71.2 Å². The van der Waals surface area contributed by atoms with E-state index in [9.17, 15) is 0 Å². The second-order valence-corrected chi connectivity index (χ2v) is 6.90. The molecule has 0 amide bonds. The SMILES string of the molecule is COc1cccc(OC(Cl)c2ccc(COc3c(Cl)cccc3Cl)cc2)c1. The standard InChI is InChI=1S/C21H17Cl3O3/c1-25-16-4-2-5-17(12-16)27-21(24)15-10-8-14(9-11-15)13-26-20-18(22)6-3-7-19(20)23/h2-12,21H,13H2,1H3. The first-order chi connectivity index (χ1) is 13.1. The highest BCUT2D eigenvalue weighted by Crippen LogP contribution is 2.33. The quantitative estimate of drug-likeness (QED) is 0.387. The van der Waals surface area contributed by atoms with Gasteiger partial charge < -0.3 is 14.2 Å². The van der Waals surface area contributed by atoms with Crippen molar-refractivity contribution in [3.8, 4) is 17.2 Å². The van der Waals surface area contributed by atoms with Crippen LogP contribution in [0.4, 0.5) is 0 Å². The maximum absolute atomic E-state index is 6.37. The zero-order valence-electron chi connectivity index (χ0n) is 14.5. The summed E-state index contributed by atoms with van der Waals surface area (Å²) in [5, 5.41) is 0.957. The van der Waals surface area contributed by atoms with Gasteiger partial charge in [0.25, 0.3) is 0 Å². The Kier molecular flexibility index (Phi) is 6.73. The number of rotatable bonds is 7. The molecule has 0 N–H and O–H groups in total. The number of alkyl halides is 1. The Morgan fingerprint density at radius 3 is 2.15 bits per heavy atom. The largest absolute Gasteiger partial charge is 0.497 e. The molecule has 0 bridgehead atoms. The second kappa shape index (κ2) is 9.23. The molecule has 1 unspecified atom stereocenters. The highest BCUT2D eigenvalue weighted by Gasteiger charge is 2.11. The Morgan fingerprint density at radius 2 is 1.48 bits per heavy atom. The molecule has 0 heterocycles. The molecule has 27 heavy (non-hydrogen) atoms. The number of methoxy groups -OCH3 is 1. The molecule has 1 atom stereocenters. The summed E-state index contributed by atoms with van der Waals surface area (Å²) in [5.74, 6) is 1.82. The van der Waals surface area contributed by atoms with Gasteiger partial charge >= 0.3 is 0 Å². The van der Waals surface area contributed by atoms with Gasteiger partial charge in [0.2, 0.25) is 0 Å². The molecule has 6 heteroatoms. The summed E-state index contributed by atoms with van der Waals surface area (Å²) in [5.41, 5.74) is 1.17. The van der Waals surface area contributed by atoms with Crippen molar-refractivity contribution in [2.75, 3.05) is 7.11 Å². The summed E-state index contributed by atoms with van der Waals surface area (Å²) >= 11 is 18.6. The van der Waals surface area contributed by atoms with Crippen LogP contribution >= 0.6 is 34.8 Å². The van der Waals surface area contributed by atoms with Crippen LogP contribution in [0.2, 0.25) is 10.0 Å². The minimum Gasteiger partial charge on any atom is -0.497 e. The van der Waals surface area contributed by atoms with Crippen molar-refractivity contribution in [2.45, 2.75) is 12.2 Å². The van der Waals surface area contributed by atoms with E-state index in [1.807, 2.05) is 42.5 Å². The topological polar surface area (TPSA) is 27.7 Å². The predicted octanol–water partition coefficient (Wildman–Crippen LogP) is 6.90. The van der Waals surface area contributed by atoms with Gasteiger partial charge in [-0.25, -0.2) is 0 Å². The third-order valence-corrected chi connectivity index (χ3v) is 4.76. The molecule has 3 rings (SSSR count). The number of hydrogen-bond acceptors (Lipinski definition) is 3. The van der Waals surface area contributed by atoms with Crippen LogP contribution in [-0.2, 0) is 6.61 Å². The number of ether oxygens (including phenoxy) is 3. The Bertz CT molecular complexity index is 877. The van der Waals surface area contributed by atoms with Crippen LogP contribution < -0.4 is 14.2 Å². The normalized spacial score (nSPS) is 11.7. The first-order valence-electron chi connectivity index (χ1n) is 8.17. The van der Waals surface area contributed by atoms with Crippen molar-refractivity contribution in [3.63, 3.8) is 0 Å². The number of hydrogen-bond donors (Lipinski definition) is 0. The third kappa shape index (κ3) is 5.23. The summed E-state index contributed by atoms with van der Waals surface area (Å²) in [6.45, 7) is 0.341. The molecule has 0 spiro atoms. The van der Waals surface area contributed by atoms with Crippen LogP contribution in [0.1, 0.15) is 16.7 Å². The average molecular weight is 424 g/mol. The summed E-state index contributed by atoms with van der Waals surface area (Å²) in [7, 11) is 1.61. The average Bonchev–Trinajstić information content (AvgIpc) is 2.68. The zero-order chi connectivity index (χ0) is 19.2. The van der Waals surface area contributed by atoms with E-state index in [1.54, 1.807) is 31.4 Å². The van der Waals surface area contributed by atoms with Crippen LogP contribution in [-0.4, -0.2) is 7.11 Å².